The minimum atomic E-state index is -0.452. The van der Waals surface area contributed by atoms with Gasteiger partial charge in [-0.3, -0.25) is 0 Å². The lowest BCUT2D eigenvalue weighted by atomic mass is 10.0. The molecule has 2 rings (SSSR count). The second kappa shape index (κ2) is 6.14. The second-order valence-electron chi connectivity index (χ2n) is 4.56. The molecule has 96 valence electrons. The number of aliphatic hydroxyl groups is 1. The van der Waals surface area contributed by atoms with E-state index in [9.17, 15) is 5.11 Å². The first-order valence-corrected chi connectivity index (χ1v) is 7.12. The van der Waals surface area contributed by atoms with Crippen molar-refractivity contribution in [3.63, 3.8) is 0 Å². The van der Waals surface area contributed by atoms with E-state index in [1.807, 2.05) is 31.2 Å². The number of aliphatic hydroxyl groups excluding tert-OH is 1. The third-order valence-corrected chi connectivity index (χ3v) is 3.91. The van der Waals surface area contributed by atoms with Gasteiger partial charge in [0.2, 0.25) is 0 Å². The monoisotopic (exact) mass is 261 g/mol. The molecule has 0 spiro atoms. The zero-order valence-corrected chi connectivity index (χ0v) is 11.6. The Labute approximate surface area is 112 Å². The summed E-state index contributed by atoms with van der Waals surface area (Å²) in [5.74, 6) is 0. The van der Waals surface area contributed by atoms with Crippen molar-refractivity contribution in [2.45, 2.75) is 26.0 Å². The Bertz CT molecular complexity index is 481. The largest absolute Gasteiger partial charge is 0.387 e. The fourth-order valence-corrected chi connectivity index (χ4v) is 2.75. The summed E-state index contributed by atoms with van der Waals surface area (Å²) in [6.45, 7) is 4.72. The van der Waals surface area contributed by atoms with Crippen LogP contribution in [0, 0.1) is 6.92 Å². The van der Waals surface area contributed by atoms with Crippen LogP contribution in [0.25, 0.3) is 0 Å². The Hall–Kier alpha value is -1.16. The van der Waals surface area contributed by atoms with Crippen molar-refractivity contribution in [1.82, 2.24) is 5.32 Å². The predicted octanol–water partition coefficient (Wildman–Crippen LogP) is 3.44. The van der Waals surface area contributed by atoms with E-state index in [-0.39, 0.29) is 6.04 Å². The molecule has 1 aromatic heterocycles. The van der Waals surface area contributed by atoms with Gasteiger partial charge in [0, 0.05) is 12.6 Å². The van der Waals surface area contributed by atoms with E-state index in [2.05, 4.69) is 29.1 Å². The van der Waals surface area contributed by atoms with Gasteiger partial charge < -0.3 is 10.4 Å². The van der Waals surface area contributed by atoms with Gasteiger partial charge in [-0.1, -0.05) is 24.3 Å². The smallest absolute Gasteiger partial charge is 0.0917 e. The summed E-state index contributed by atoms with van der Waals surface area (Å²) in [6.07, 6.45) is -0.452. The predicted molar refractivity (Wildman–Crippen MR) is 76.9 cm³/mol. The molecular formula is C15H19NOS. The summed E-state index contributed by atoms with van der Waals surface area (Å²) in [5, 5.41) is 17.8. The van der Waals surface area contributed by atoms with Gasteiger partial charge in [-0.2, -0.15) is 11.3 Å². The first kappa shape index (κ1) is 13.3. The first-order valence-electron chi connectivity index (χ1n) is 6.17. The van der Waals surface area contributed by atoms with Gasteiger partial charge in [0.05, 0.1) is 6.10 Å². The molecule has 0 radical (unpaired) electrons. The molecule has 1 heterocycles. The van der Waals surface area contributed by atoms with Crippen LogP contribution < -0.4 is 5.32 Å². The van der Waals surface area contributed by atoms with Gasteiger partial charge >= 0.3 is 0 Å². The van der Waals surface area contributed by atoms with E-state index in [0.717, 1.165) is 11.1 Å². The Morgan fingerprint density at radius 1 is 1.28 bits per heavy atom. The molecule has 0 aliphatic carbocycles. The first-order chi connectivity index (χ1) is 8.68. The summed E-state index contributed by atoms with van der Waals surface area (Å²) in [5.41, 5.74) is 3.41. The summed E-state index contributed by atoms with van der Waals surface area (Å²) in [6, 6.07) is 10.4. The average Bonchev–Trinajstić information content (AvgIpc) is 2.90. The molecule has 1 aromatic carbocycles. The highest BCUT2D eigenvalue weighted by molar-refractivity contribution is 7.07. The van der Waals surface area contributed by atoms with Crippen molar-refractivity contribution in [2.75, 3.05) is 6.54 Å². The fourth-order valence-electron chi connectivity index (χ4n) is 2.00. The molecule has 2 atom stereocenters. The number of aryl methyl sites for hydroxylation is 1. The molecule has 0 aliphatic heterocycles. The van der Waals surface area contributed by atoms with Crippen molar-refractivity contribution in [3.05, 3.63) is 57.8 Å². The highest BCUT2D eigenvalue weighted by Gasteiger charge is 2.12. The molecule has 2 nitrogen and oxygen atoms in total. The lowest BCUT2D eigenvalue weighted by molar-refractivity contribution is 0.170. The molecule has 2 aromatic rings. The van der Waals surface area contributed by atoms with E-state index in [1.54, 1.807) is 11.3 Å². The number of nitrogens with one attached hydrogen (secondary N) is 1. The van der Waals surface area contributed by atoms with Crippen molar-refractivity contribution in [2.24, 2.45) is 0 Å². The van der Waals surface area contributed by atoms with Crippen molar-refractivity contribution in [1.29, 1.82) is 0 Å². The van der Waals surface area contributed by atoms with Gasteiger partial charge in [0.25, 0.3) is 0 Å². The van der Waals surface area contributed by atoms with Gasteiger partial charge in [0.15, 0.2) is 0 Å². The van der Waals surface area contributed by atoms with Crippen LogP contribution >= 0.6 is 11.3 Å². The van der Waals surface area contributed by atoms with Crippen LogP contribution in [-0.2, 0) is 0 Å². The minimum Gasteiger partial charge on any atom is -0.387 e. The molecule has 0 saturated carbocycles. The zero-order chi connectivity index (χ0) is 13.0. The topological polar surface area (TPSA) is 32.3 Å². The quantitative estimate of drug-likeness (QED) is 0.864. The third-order valence-electron chi connectivity index (χ3n) is 3.21. The molecule has 18 heavy (non-hydrogen) atoms. The maximum atomic E-state index is 10.2. The second-order valence-corrected chi connectivity index (χ2v) is 5.34. The molecule has 3 heteroatoms. The minimum absolute atomic E-state index is 0.273. The van der Waals surface area contributed by atoms with Gasteiger partial charge in [-0.25, -0.2) is 0 Å². The zero-order valence-electron chi connectivity index (χ0n) is 10.8. The van der Waals surface area contributed by atoms with Gasteiger partial charge in [-0.15, -0.1) is 0 Å². The Morgan fingerprint density at radius 3 is 2.72 bits per heavy atom. The van der Waals surface area contributed by atoms with Crippen LogP contribution in [0.4, 0.5) is 0 Å². The number of hydrogen-bond acceptors (Lipinski definition) is 3. The molecule has 0 saturated heterocycles. The van der Waals surface area contributed by atoms with Crippen LogP contribution in [0.5, 0.6) is 0 Å². The number of benzene rings is 1. The standard InChI is InChI=1S/C15H19NOS/c1-11-5-3-4-6-14(11)15(17)9-16-12(2)13-7-8-18-10-13/h3-8,10,12,15-17H,9H2,1-2H3. The van der Waals surface area contributed by atoms with Crippen LogP contribution in [-0.4, -0.2) is 11.7 Å². The molecular weight excluding hydrogens is 242 g/mol. The summed E-state index contributed by atoms with van der Waals surface area (Å²) in [4.78, 5) is 0. The van der Waals surface area contributed by atoms with E-state index in [0.29, 0.717) is 6.54 Å². The SMILES string of the molecule is Cc1ccccc1C(O)CNC(C)c1ccsc1. The summed E-state index contributed by atoms with van der Waals surface area (Å²) < 4.78 is 0. The van der Waals surface area contributed by atoms with Crippen molar-refractivity contribution in [3.8, 4) is 0 Å². The lowest BCUT2D eigenvalue weighted by Gasteiger charge is -2.18. The van der Waals surface area contributed by atoms with Crippen LogP contribution in [0.2, 0.25) is 0 Å². The van der Waals surface area contributed by atoms with Crippen LogP contribution in [0.1, 0.15) is 35.8 Å². The van der Waals surface area contributed by atoms with E-state index in [1.165, 1.54) is 5.56 Å². The molecule has 0 bridgehead atoms. The highest BCUT2D eigenvalue weighted by atomic mass is 32.1. The van der Waals surface area contributed by atoms with Crippen molar-refractivity contribution < 1.29 is 5.11 Å². The summed E-state index contributed by atoms with van der Waals surface area (Å²) >= 11 is 1.70. The van der Waals surface area contributed by atoms with Crippen molar-refractivity contribution >= 4 is 11.3 Å². The van der Waals surface area contributed by atoms with Gasteiger partial charge in [-0.05, 0) is 47.4 Å². The van der Waals surface area contributed by atoms with Crippen LogP contribution in [0.15, 0.2) is 41.1 Å². The van der Waals surface area contributed by atoms with E-state index < -0.39 is 6.10 Å². The molecule has 0 fully saturated rings. The Kier molecular flexibility index (Phi) is 4.53. The Morgan fingerprint density at radius 2 is 2.06 bits per heavy atom. The molecule has 2 N–H and O–H groups in total. The Balaban J connectivity index is 1.93. The average molecular weight is 261 g/mol. The van der Waals surface area contributed by atoms with E-state index in [4.69, 9.17) is 0 Å². The molecule has 0 amide bonds. The highest BCUT2D eigenvalue weighted by Crippen LogP contribution is 2.19. The van der Waals surface area contributed by atoms with E-state index >= 15 is 0 Å². The normalized spacial score (nSPS) is 14.4. The fraction of sp³-hybridized carbons (Fsp3) is 0.333. The third kappa shape index (κ3) is 3.19. The maximum absolute atomic E-state index is 10.2. The number of rotatable bonds is 5. The summed E-state index contributed by atoms with van der Waals surface area (Å²) in [7, 11) is 0. The molecule has 2 unspecified atom stereocenters. The maximum Gasteiger partial charge on any atom is 0.0917 e. The van der Waals surface area contributed by atoms with Crippen LogP contribution in [0.3, 0.4) is 0 Å². The number of thiophene rings is 1. The lowest BCUT2D eigenvalue weighted by Crippen LogP contribution is -2.24. The van der Waals surface area contributed by atoms with Gasteiger partial charge in [0.1, 0.15) is 0 Å². The molecule has 0 aliphatic rings. The number of hydrogen-bond donors (Lipinski definition) is 2.